The third-order valence-electron chi connectivity index (χ3n) is 4.54. The predicted molar refractivity (Wildman–Crippen MR) is 85.6 cm³/mol. The Kier molecular flexibility index (Phi) is 4.94. The lowest BCUT2D eigenvalue weighted by Gasteiger charge is -2.28. The molecule has 4 heteroatoms. The summed E-state index contributed by atoms with van der Waals surface area (Å²) in [6.45, 7) is 5.55. The fourth-order valence-corrected chi connectivity index (χ4v) is 3.05. The second kappa shape index (κ2) is 6.55. The lowest BCUT2D eigenvalue weighted by Crippen LogP contribution is -2.20. The van der Waals surface area contributed by atoms with Crippen LogP contribution in [0.5, 0.6) is 5.75 Å². The highest BCUT2D eigenvalue weighted by Gasteiger charge is 2.27. The molecular weight excluding hydrogens is 280 g/mol. The maximum Gasteiger partial charge on any atom is 0.124 e. The number of rotatable bonds is 4. The molecule has 2 unspecified atom stereocenters. The number of allylic oxidation sites excluding steroid dienone is 2. The van der Waals surface area contributed by atoms with Gasteiger partial charge >= 0.3 is 0 Å². The van der Waals surface area contributed by atoms with E-state index in [1.165, 1.54) is 0 Å². The summed E-state index contributed by atoms with van der Waals surface area (Å²) in [6.07, 6.45) is 2.29. The van der Waals surface area contributed by atoms with E-state index in [9.17, 15) is 20.4 Å². The number of aryl methyl sites for hydroxylation is 1. The third-order valence-corrected chi connectivity index (χ3v) is 4.54. The number of benzene rings is 1. The van der Waals surface area contributed by atoms with Gasteiger partial charge in [-0.25, -0.2) is 0 Å². The summed E-state index contributed by atoms with van der Waals surface area (Å²) >= 11 is 0. The van der Waals surface area contributed by atoms with Gasteiger partial charge in [-0.1, -0.05) is 37.6 Å². The van der Waals surface area contributed by atoms with Crippen LogP contribution in [0.4, 0.5) is 0 Å². The number of aromatic hydroxyl groups is 1. The van der Waals surface area contributed by atoms with E-state index < -0.39 is 0 Å². The molecule has 0 spiro atoms. The molecule has 4 N–H and O–H groups in total. The highest BCUT2D eigenvalue weighted by Crippen LogP contribution is 2.36. The van der Waals surface area contributed by atoms with Crippen LogP contribution in [-0.2, 0) is 13.0 Å². The monoisotopic (exact) mass is 304 g/mol. The van der Waals surface area contributed by atoms with E-state index in [-0.39, 0.29) is 36.6 Å². The van der Waals surface area contributed by atoms with Gasteiger partial charge in [-0.2, -0.15) is 0 Å². The lowest BCUT2D eigenvalue weighted by molar-refractivity contribution is 0.275. The standard InChI is InChI=1S/C18H24O4/c1-10-4-13(17(21)14(5-10)8-19)7-16-12(3)11(2)6-15(9-20)18(16)22/h4-6,11-12,19-22H,7-9H2,1-3H3. The maximum atomic E-state index is 10.4. The Morgan fingerprint density at radius 3 is 2.23 bits per heavy atom. The van der Waals surface area contributed by atoms with E-state index in [1.807, 2.05) is 32.9 Å². The average molecular weight is 304 g/mol. The van der Waals surface area contributed by atoms with Crippen molar-refractivity contribution in [1.29, 1.82) is 0 Å². The molecule has 4 nitrogen and oxygen atoms in total. The number of aliphatic hydroxyl groups is 3. The van der Waals surface area contributed by atoms with Crippen molar-refractivity contribution in [3.63, 3.8) is 0 Å². The highest BCUT2D eigenvalue weighted by molar-refractivity contribution is 5.47. The van der Waals surface area contributed by atoms with Crippen molar-refractivity contribution in [3.8, 4) is 5.75 Å². The van der Waals surface area contributed by atoms with Crippen molar-refractivity contribution in [1.82, 2.24) is 0 Å². The largest absolute Gasteiger partial charge is 0.508 e. The second-order valence-corrected chi connectivity index (χ2v) is 6.14. The van der Waals surface area contributed by atoms with Gasteiger partial charge in [0.05, 0.1) is 13.2 Å². The van der Waals surface area contributed by atoms with Crippen molar-refractivity contribution in [2.75, 3.05) is 6.61 Å². The van der Waals surface area contributed by atoms with Crippen LogP contribution >= 0.6 is 0 Å². The van der Waals surface area contributed by atoms with E-state index in [0.29, 0.717) is 23.1 Å². The summed E-state index contributed by atoms with van der Waals surface area (Å²) in [4.78, 5) is 0. The number of hydrogen-bond donors (Lipinski definition) is 4. The first-order valence-electron chi connectivity index (χ1n) is 7.55. The molecule has 0 amide bonds. The minimum Gasteiger partial charge on any atom is -0.508 e. The van der Waals surface area contributed by atoms with Gasteiger partial charge in [0.2, 0.25) is 0 Å². The van der Waals surface area contributed by atoms with E-state index in [1.54, 1.807) is 6.07 Å². The van der Waals surface area contributed by atoms with Crippen LogP contribution < -0.4 is 0 Å². The zero-order valence-corrected chi connectivity index (χ0v) is 13.3. The van der Waals surface area contributed by atoms with Gasteiger partial charge in [-0.05, 0) is 29.9 Å². The first kappa shape index (κ1) is 16.6. The fourth-order valence-electron chi connectivity index (χ4n) is 3.05. The van der Waals surface area contributed by atoms with Gasteiger partial charge in [-0.3, -0.25) is 0 Å². The molecule has 1 aliphatic carbocycles. The van der Waals surface area contributed by atoms with Crippen molar-refractivity contribution in [2.24, 2.45) is 11.8 Å². The van der Waals surface area contributed by atoms with Crippen molar-refractivity contribution in [2.45, 2.75) is 33.8 Å². The fraction of sp³-hybridized carbons (Fsp3) is 0.444. The molecule has 0 fully saturated rings. The minimum atomic E-state index is -0.223. The molecule has 0 saturated carbocycles. The van der Waals surface area contributed by atoms with Gasteiger partial charge in [0.25, 0.3) is 0 Å². The van der Waals surface area contributed by atoms with Gasteiger partial charge in [0.15, 0.2) is 0 Å². The Morgan fingerprint density at radius 2 is 1.64 bits per heavy atom. The Bertz CT molecular complexity index is 628. The number of aliphatic hydroxyl groups excluding tert-OH is 3. The van der Waals surface area contributed by atoms with Gasteiger partial charge in [-0.15, -0.1) is 0 Å². The van der Waals surface area contributed by atoms with Gasteiger partial charge < -0.3 is 20.4 Å². The molecule has 0 saturated heterocycles. The quantitative estimate of drug-likeness (QED) is 0.689. The summed E-state index contributed by atoms with van der Waals surface area (Å²) in [6, 6.07) is 3.61. The molecular formula is C18H24O4. The molecule has 2 atom stereocenters. The first-order chi connectivity index (χ1) is 10.4. The third kappa shape index (κ3) is 3.03. The Labute approximate surface area is 131 Å². The van der Waals surface area contributed by atoms with Crippen LogP contribution in [0.25, 0.3) is 0 Å². The van der Waals surface area contributed by atoms with E-state index >= 15 is 0 Å². The molecule has 0 bridgehead atoms. The normalized spacial score (nSPS) is 22.0. The van der Waals surface area contributed by atoms with Crippen LogP contribution in [0.3, 0.4) is 0 Å². The van der Waals surface area contributed by atoms with Gasteiger partial charge in [0, 0.05) is 17.6 Å². The molecule has 2 rings (SSSR count). The Hall–Kier alpha value is -1.78. The summed E-state index contributed by atoms with van der Waals surface area (Å²) < 4.78 is 0. The van der Waals surface area contributed by atoms with Crippen molar-refractivity contribution < 1.29 is 20.4 Å². The second-order valence-electron chi connectivity index (χ2n) is 6.14. The van der Waals surface area contributed by atoms with Crippen LogP contribution in [0.15, 0.2) is 35.1 Å². The molecule has 0 aromatic heterocycles. The first-order valence-corrected chi connectivity index (χ1v) is 7.55. The van der Waals surface area contributed by atoms with Crippen LogP contribution in [0, 0.1) is 18.8 Å². The Balaban J connectivity index is 2.45. The van der Waals surface area contributed by atoms with E-state index in [4.69, 9.17) is 0 Å². The average Bonchev–Trinajstić information content (AvgIpc) is 2.50. The van der Waals surface area contributed by atoms with Crippen LogP contribution in [0.2, 0.25) is 0 Å². The summed E-state index contributed by atoms with van der Waals surface area (Å²) in [5.41, 5.74) is 3.47. The zero-order valence-electron chi connectivity index (χ0n) is 13.3. The highest BCUT2D eigenvalue weighted by atomic mass is 16.3. The topological polar surface area (TPSA) is 80.9 Å². The van der Waals surface area contributed by atoms with Crippen molar-refractivity contribution in [3.05, 3.63) is 51.8 Å². The SMILES string of the molecule is Cc1cc(CO)c(O)c(CC2=C(O)C(CO)=CC(C)C2C)c1. The maximum absolute atomic E-state index is 10.4. The lowest BCUT2D eigenvalue weighted by atomic mass is 9.78. The van der Waals surface area contributed by atoms with Crippen LogP contribution in [-0.4, -0.2) is 27.0 Å². The molecule has 120 valence electrons. The molecule has 0 heterocycles. The number of hydrogen-bond acceptors (Lipinski definition) is 4. The van der Waals surface area contributed by atoms with E-state index in [2.05, 4.69) is 0 Å². The number of phenols is 1. The smallest absolute Gasteiger partial charge is 0.124 e. The van der Waals surface area contributed by atoms with Crippen LogP contribution in [0.1, 0.15) is 30.5 Å². The molecule has 0 radical (unpaired) electrons. The summed E-state index contributed by atoms with van der Waals surface area (Å²) in [5.74, 6) is 0.526. The zero-order chi connectivity index (χ0) is 16.4. The molecule has 1 aromatic rings. The molecule has 0 aliphatic heterocycles. The van der Waals surface area contributed by atoms with Gasteiger partial charge in [0.1, 0.15) is 11.5 Å². The summed E-state index contributed by atoms with van der Waals surface area (Å²) in [5, 5.41) is 39.4. The molecule has 1 aliphatic rings. The predicted octanol–water partition coefficient (Wildman–Crippen LogP) is 2.75. The van der Waals surface area contributed by atoms with Crippen molar-refractivity contribution >= 4 is 0 Å². The minimum absolute atomic E-state index is 0.0772. The molecule has 22 heavy (non-hydrogen) atoms. The molecule has 1 aromatic carbocycles. The Morgan fingerprint density at radius 1 is 1.00 bits per heavy atom. The van der Waals surface area contributed by atoms with E-state index in [0.717, 1.165) is 11.1 Å². The summed E-state index contributed by atoms with van der Waals surface area (Å²) in [7, 11) is 0.